The second kappa shape index (κ2) is 14.6. The van der Waals surface area contributed by atoms with Crippen molar-refractivity contribution in [3.05, 3.63) is 35.9 Å². The van der Waals surface area contributed by atoms with Crippen LogP contribution < -0.4 is 10.6 Å². The first-order chi connectivity index (χ1) is 14.8. The van der Waals surface area contributed by atoms with E-state index in [1.807, 2.05) is 51.1 Å². The summed E-state index contributed by atoms with van der Waals surface area (Å²) in [6.07, 6.45) is 2.96. The fourth-order valence-electron chi connectivity index (χ4n) is 3.53. The van der Waals surface area contributed by atoms with Crippen molar-refractivity contribution >= 4 is 36.0 Å². The normalized spacial score (nSPS) is 16.0. The van der Waals surface area contributed by atoms with Crippen LogP contribution in [0.1, 0.15) is 58.6 Å². The zero-order valence-corrected chi connectivity index (χ0v) is 22.6. The van der Waals surface area contributed by atoms with Crippen molar-refractivity contribution in [2.75, 3.05) is 39.9 Å². The van der Waals surface area contributed by atoms with E-state index in [0.717, 1.165) is 57.1 Å². The van der Waals surface area contributed by atoms with Gasteiger partial charge in [-0.15, -0.1) is 24.0 Å². The average Bonchev–Trinajstić information content (AvgIpc) is 2.74. The molecule has 1 aliphatic heterocycles. The Kier molecular flexibility index (Phi) is 13.0. The number of rotatable bonds is 8. The second-order valence-corrected chi connectivity index (χ2v) is 9.07. The molecule has 1 aromatic rings. The van der Waals surface area contributed by atoms with E-state index in [-0.39, 0.29) is 30.0 Å². The highest BCUT2D eigenvalue weighted by Crippen LogP contribution is 2.19. The summed E-state index contributed by atoms with van der Waals surface area (Å²) >= 11 is 0. The van der Waals surface area contributed by atoms with Crippen LogP contribution in [0.5, 0.6) is 0 Å². The first-order valence-corrected chi connectivity index (χ1v) is 11.4. The van der Waals surface area contributed by atoms with Crippen molar-refractivity contribution in [2.45, 2.75) is 58.6 Å². The lowest BCUT2D eigenvalue weighted by Gasteiger charge is -2.27. The van der Waals surface area contributed by atoms with Crippen LogP contribution in [0, 0.1) is 5.92 Å². The maximum atomic E-state index is 12.4. The molecule has 8 heteroatoms. The van der Waals surface area contributed by atoms with Gasteiger partial charge in [-0.3, -0.25) is 4.99 Å². The van der Waals surface area contributed by atoms with Gasteiger partial charge in [0, 0.05) is 33.4 Å². The smallest absolute Gasteiger partial charge is 0.408 e. The number of carbonyl (C=O) groups excluding carboxylic acids is 1. The molecule has 0 bridgehead atoms. The van der Waals surface area contributed by atoms with Crippen molar-refractivity contribution in [2.24, 2.45) is 10.9 Å². The molecule has 0 aliphatic carbocycles. The highest BCUT2D eigenvalue weighted by atomic mass is 127. The maximum absolute atomic E-state index is 12.4. The van der Waals surface area contributed by atoms with Crippen molar-refractivity contribution in [1.29, 1.82) is 0 Å². The van der Waals surface area contributed by atoms with Crippen LogP contribution in [-0.4, -0.2) is 62.4 Å². The highest BCUT2D eigenvalue weighted by molar-refractivity contribution is 14.0. The number of halogens is 1. The van der Waals surface area contributed by atoms with Gasteiger partial charge in [0.15, 0.2) is 5.96 Å². The van der Waals surface area contributed by atoms with Gasteiger partial charge in [-0.05, 0) is 58.4 Å². The molecule has 0 aromatic heterocycles. The van der Waals surface area contributed by atoms with E-state index in [9.17, 15) is 4.79 Å². The summed E-state index contributed by atoms with van der Waals surface area (Å²) in [6.45, 7) is 11.5. The lowest BCUT2D eigenvalue weighted by molar-refractivity contribution is 0.0505. The molecule has 1 fully saturated rings. The summed E-state index contributed by atoms with van der Waals surface area (Å²) in [7, 11) is 2.07. The van der Waals surface area contributed by atoms with E-state index < -0.39 is 11.7 Å². The average molecular weight is 561 g/mol. The van der Waals surface area contributed by atoms with E-state index in [1.165, 1.54) is 0 Å². The van der Waals surface area contributed by atoms with Crippen LogP contribution in [0.15, 0.2) is 35.3 Å². The molecule has 1 unspecified atom stereocenters. The third-order valence-electron chi connectivity index (χ3n) is 5.23. The Morgan fingerprint density at radius 1 is 1.25 bits per heavy atom. The lowest BCUT2D eigenvalue weighted by atomic mass is 9.96. The van der Waals surface area contributed by atoms with Gasteiger partial charge in [-0.1, -0.05) is 30.3 Å². The fraction of sp³-hybridized carbons (Fsp3) is 0.667. The standard InChI is InChI=1S/C24H40N4O3.HI/c1-6-25-22(28(5)15-12-19-13-16-30-17-14-19)26-18-21(20-10-8-7-9-11-20)27-23(29)31-24(2,3)4;/h7-11,19,21H,6,12-18H2,1-5H3,(H,25,26)(H,27,29);1H. The predicted molar refractivity (Wildman–Crippen MR) is 141 cm³/mol. The Morgan fingerprint density at radius 2 is 1.91 bits per heavy atom. The van der Waals surface area contributed by atoms with Crippen LogP contribution in [-0.2, 0) is 9.47 Å². The number of benzene rings is 1. The summed E-state index contributed by atoms with van der Waals surface area (Å²) in [5.74, 6) is 1.56. The van der Waals surface area contributed by atoms with Crippen LogP contribution >= 0.6 is 24.0 Å². The van der Waals surface area contributed by atoms with Crippen molar-refractivity contribution in [1.82, 2.24) is 15.5 Å². The minimum atomic E-state index is -0.548. The number of amides is 1. The fourth-order valence-corrected chi connectivity index (χ4v) is 3.53. The molecule has 2 N–H and O–H groups in total. The Hall–Kier alpha value is -1.55. The van der Waals surface area contributed by atoms with Gasteiger partial charge in [-0.25, -0.2) is 4.79 Å². The van der Waals surface area contributed by atoms with Gasteiger partial charge in [0.05, 0.1) is 12.6 Å². The Bertz CT molecular complexity index is 688. The second-order valence-electron chi connectivity index (χ2n) is 9.07. The molecule has 2 rings (SSSR count). The van der Waals surface area contributed by atoms with Crippen LogP contribution in [0.2, 0.25) is 0 Å². The monoisotopic (exact) mass is 560 g/mol. The van der Waals surface area contributed by atoms with Gasteiger partial charge in [0.25, 0.3) is 0 Å². The highest BCUT2D eigenvalue weighted by Gasteiger charge is 2.21. The van der Waals surface area contributed by atoms with Crippen molar-refractivity contribution in [3.63, 3.8) is 0 Å². The van der Waals surface area contributed by atoms with Crippen LogP contribution in [0.25, 0.3) is 0 Å². The molecule has 1 atom stereocenters. The van der Waals surface area contributed by atoms with Gasteiger partial charge < -0.3 is 25.0 Å². The Morgan fingerprint density at radius 3 is 2.50 bits per heavy atom. The molecule has 32 heavy (non-hydrogen) atoms. The number of alkyl carbamates (subject to hydrolysis) is 1. The van der Waals surface area contributed by atoms with Crippen LogP contribution in [0.4, 0.5) is 4.79 Å². The molecule has 1 heterocycles. The summed E-state index contributed by atoms with van der Waals surface area (Å²) in [4.78, 5) is 19.4. The minimum Gasteiger partial charge on any atom is -0.444 e. The molecule has 1 aromatic carbocycles. The molecule has 1 aliphatic rings. The third kappa shape index (κ3) is 10.8. The largest absolute Gasteiger partial charge is 0.444 e. The number of carbonyl (C=O) groups is 1. The molecular weight excluding hydrogens is 519 g/mol. The van der Waals surface area contributed by atoms with E-state index in [2.05, 4.69) is 29.5 Å². The SMILES string of the molecule is CCNC(=NCC(NC(=O)OC(C)(C)C)c1ccccc1)N(C)CCC1CCOCC1.I. The molecule has 182 valence electrons. The van der Waals surface area contributed by atoms with Crippen molar-refractivity contribution in [3.8, 4) is 0 Å². The number of nitrogens with zero attached hydrogens (tertiary/aromatic N) is 2. The number of nitrogens with one attached hydrogen (secondary N) is 2. The Balaban J connectivity index is 0.00000512. The summed E-state index contributed by atoms with van der Waals surface area (Å²) < 4.78 is 10.9. The van der Waals surface area contributed by atoms with E-state index in [0.29, 0.717) is 12.5 Å². The first-order valence-electron chi connectivity index (χ1n) is 11.4. The maximum Gasteiger partial charge on any atom is 0.408 e. The third-order valence-corrected chi connectivity index (χ3v) is 5.23. The zero-order chi connectivity index (χ0) is 22.7. The summed E-state index contributed by atoms with van der Waals surface area (Å²) in [6, 6.07) is 9.63. The summed E-state index contributed by atoms with van der Waals surface area (Å²) in [5.41, 5.74) is 0.450. The minimum absolute atomic E-state index is 0. The molecule has 0 saturated carbocycles. The molecular formula is C24H41IN4O3. The molecule has 0 radical (unpaired) electrons. The molecule has 0 spiro atoms. The summed E-state index contributed by atoms with van der Waals surface area (Å²) in [5, 5.41) is 6.36. The number of guanidine groups is 1. The molecule has 7 nitrogen and oxygen atoms in total. The van der Waals surface area contributed by atoms with Gasteiger partial charge in [0.2, 0.25) is 0 Å². The van der Waals surface area contributed by atoms with E-state index in [4.69, 9.17) is 14.5 Å². The number of hydrogen-bond acceptors (Lipinski definition) is 4. The number of aliphatic imine (C=N–C) groups is 1. The quantitative estimate of drug-likeness (QED) is 0.277. The topological polar surface area (TPSA) is 75.2 Å². The predicted octanol–water partition coefficient (Wildman–Crippen LogP) is 4.58. The zero-order valence-electron chi connectivity index (χ0n) is 20.2. The van der Waals surface area contributed by atoms with Crippen LogP contribution in [0.3, 0.4) is 0 Å². The van der Waals surface area contributed by atoms with Gasteiger partial charge in [0.1, 0.15) is 5.60 Å². The lowest BCUT2D eigenvalue weighted by Crippen LogP contribution is -2.41. The van der Waals surface area contributed by atoms with Gasteiger partial charge >= 0.3 is 6.09 Å². The Labute approximate surface area is 210 Å². The number of ether oxygens (including phenoxy) is 2. The molecule has 1 amide bonds. The first kappa shape index (κ1) is 28.5. The van der Waals surface area contributed by atoms with Gasteiger partial charge in [-0.2, -0.15) is 0 Å². The molecule has 1 saturated heterocycles. The van der Waals surface area contributed by atoms with Crippen molar-refractivity contribution < 1.29 is 14.3 Å². The number of hydrogen-bond donors (Lipinski definition) is 2. The van der Waals surface area contributed by atoms with E-state index in [1.54, 1.807) is 0 Å². The van der Waals surface area contributed by atoms with E-state index >= 15 is 0 Å².